The van der Waals surface area contributed by atoms with Gasteiger partial charge in [-0.05, 0) is 48.8 Å². The standard InChI is InChI=1S/C21H26N2O3S/c24-21(8-6-17-5-7-18(26-17)20-2-1-9-27-20)22-15-10-16-13-25-19(14-3-4-14)12-23(16)11-15/h1-2,5,7,9,14-16,19H,3-4,6,8,10-13H2,(H,22,24)/t15-,16-,19-/m0/s1. The molecule has 3 fully saturated rings. The highest BCUT2D eigenvalue weighted by molar-refractivity contribution is 7.13. The van der Waals surface area contributed by atoms with Gasteiger partial charge in [-0.1, -0.05) is 6.07 Å². The van der Waals surface area contributed by atoms with Crippen LogP contribution in [0.5, 0.6) is 0 Å². The van der Waals surface area contributed by atoms with Crippen molar-refractivity contribution in [2.24, 2.45) is 5.92 Å². The van der Waals surface area contributed by atoms with E-state index >= 15 is 0 Å². The van der Waals surface area contributed by atoms with E-state index in [0.717, 1.165) is 48.4 Å². The first kappa shape index (κ1) is 17.5. The van der Waals surface area contributed by atoms with Crippen molar-refractivity contribution in [1.29, 1.82) is 0 Å². The van der Waals surface area contributed by atoms with Gasteiger partial charge in [0.15, 0.2) is 0 Å². The van der Waals surface area contributed by atoms with E-state index in [1.54, 1.807) is 11.3 Å². The second kappa shape index (κ2) is 7.41. The summed E-state index contributed by atoms with van der Waals surface area (Å²) in [6, 6.07) is 8.76. The van der Waals surface area contributed by atoms with Gasteiger partial charge in [-0.15, -0.1) is 11.3 Å². The number of rotatable bonds is 6. The quantitative estimate of drug-likeness (QED) is 0.828. The molecule has 5 nitrogen and oxygen atoms in total. The number of nitrogens with zero attached hydrogens (tertiary/aromatic N) is 1. The third-order valence-electron chi connectivity index (χ3n) is 5.98. The average Bonchev–Trinajstić information content (AvgIpc) is 3.08. The highest BCUT2D eigenvalue weighted by Crippen LogP contribution is 2.37. The second-order valence-electron chi connectivity index (χ2n) is 8.06. The summed E-state index contributed by atoms with van der Waals surface area (Å²) in [7, 11) is 0. The molecule has 1 amide bonds. The number of aryl methyl sites for hydroxylation is 1. The number of nitrogens with one attached hydrogen (secondary N) is 1. The van der Waals surface area contributed by atoms with Gasteiger partial charge in [0.2, 0.25) is 5.91 Å². The number of ether oxygens (including phenoxy) is 1. The van der Waals surface area contributed by atoms with Crippen LogP contribution < -0.4 is 5.32 Å². The Hall–Kier alpha value is -1.63. The van der Waals surface area contributed by atoms with Gasteiger partial charge >= 0.3 is 0 Å². The van der Waals surface area contributed by atoms with Crippen LogP contribution in [0.25, 0.3) is 10.6 Å². The Morgan fingerprint density at radius 1 is 1.26 bits per heavy atom. The van der Waals surface area contributed by atoms with Crippen molar-refractivity contribution in [3.63, 3.8) is 0 Å². The molecule has 0 radical (unpaired) electrons. The predicted molar refractivity (Wildman–Crippen MR) is 105 cm³/mol. The lowest BCUT2D eigenvalue weighted by Gasteiger charge is -2.35. The van der Waals surface area contributed by atoms with Crippen molar-refractivity contribution in [3.05, 3.63) is 35.4 Å². The van der Waals surface area contributed by atoms with Gasteiger partial charge < -0.3 is 14.5 Å². The highest BCUT2D eigenvalue weighted by Gasteiger charge is 2.42. The average molecular weight is 387 g/mol. The number of hydrogen-bond donors (Lipinski definition) is 1. The monoisotopic (exact) mass is 386 g/mol. The molecule has 1 saturated carbocycles. The molecule has 1 N–H and O–H groups in total. The Labute approximate surface area is 163 Å². The Balaban J connectivity index is 1.09. The minimum Gasteiger partial charge on any atom is -0.460 e. The van der Waals surface area contributed by atoms with Crippen molar-refractivity contribution in [2.75, 3.05) is 19.7 Å². The molecule has 2 saturated heterocycles. The summed E-state index contributed by atoms with van der Waals surface area (Å²) in [5.41, 5.74) is 0. The fourth-order valence-electron chi connectivity index (χ4n) is 4.36. The largest absolute Gasteiger partial charge is 0.460 e. The number of fused-ring (bicyclic) bond motifs is 1. The van der Waals surface area contributed by atoms with Crippen molar-refractivity contribution in [2.45, 2.75) is 50.3 Å². The topological polar surface area (TPSA) is 54.7 Å². The molecule has 1 aliphatic carbocycles. The maximum atomic E-state index is 12.4. The minimum atomic E-state index is 0.119. The molecular weight excluding hydrogens is 360 g/mol. The minimum absolute atomic E-state index is 0.119. The Morgan fingerprint density at radius 3 is 3.00 bits per heavy atom. The van der Waals surface area contributed by atoms with E-state index in [9.17, 15) is 4.79 Å². The lowest BCUT2D eigenvalue weighted by Crippen LogP contribution is -2.47. The summed E-state index contributed by atoms with van der Waals surface area (Å²) >= 11 is 1.66. The number of amides is 1. The third-order valence-corrected chi connectivity index (χ3v) is 6.87. The van der Waals surface area contributed by atoms with Crippen LogP contribution in [0.1, 0.15) is 31.4 Å². The maximum Gasteiger partial charge on any atom is 0.220 e. The molecule has 5 rings (SSSR count). The predicted octanol–water partition coefficient (Wildman–Crippen LogP) is 3.31. The molecule has 0 bridgehead atoms. The van der Waals surface area contributed by atoms with Crippen LogP contribution in [0, 0.1) is 5.92 Å². The second-order valence-corrected chi connectivity index (χ2v) is 9.01. The summed E-state index contributed by atoms with van der Waals surface area (Å²) in [4.78, 5) is 16.0. The van der Waals surface area contributed by atoms with Crippen LogP contribution in [0.2, 0.25) is 0 Å². The van der Waals surface area contributed by atoms with E-state index in [4.69, 9.17) is 9.15 Å². The van der Waals surface area contributed by atoms with E-state index in [2.05, 4.69) is 10.2 Å². The van der Waals surface area contributed by atoms with E-state index in [1.165, 1.54) is 12.8 Å². The van der Waals surface area contributed by atoms with Gasteiger partial charge in [-0.25, -0.2) is 0 Å². The van der Waals surface area contributed by atoms with Crippen LogP contribution in [0.3, 0.4) is 0 Å². The lowest BCUT2D eigenvalue weighted by atomic mass is 10.1. The fourth-order valence-corrected chi connectivity index (χ4v) is 5.04. The zero-order valence-corrected chi connectivity index (χ0v) is 16.2. The molecule has 2 aromatic rings. The lowest BCUT2D eigenvalue weighted by molar-refractivity contribution is -0.121. The molecule has 144 valence electrons. The Morgan fingerprint density at radius 2 is 2.19 bits per heavy atom. The molecule has 3 aliphatic rings. The number of thiophene rings is 1. The summed E-state index contributed by atoms with van der Waals surface area (Å²) < 4.78 is 11.9. The van der Waals surface area contributed by atoms with E-state index in [-0.39, 0.29) is 11.9 Å². The normalized spacial score (nSPS) is 28.2. The number of carbonyl (C=O) groups is 1. The van der Waals surface area contributed by atoms with Crippen LogP contribution in [-0.4, -0.2) is 48.7 Å². The molecular formula is C21H26N2O3S. The van der Waals surface area contributed by atoms with E-state index in [1.807, 2.05) is 29.6 Å². The summed E-state index contributed by atoms with van der Waals surface area (Å²) in [5.74, 6) is 2.66. The van der Waals surface area contributed by atoms with Gasteiger partial charge in [0.1, 0.15) is 11.5 Å². The number of carbonyl (C=O) groups excluding carboxylic acids is 1. The first-order valence-corrected chi connectivity index (χ1v) is 10.9. The van der Waals surface area contributed by atoms with Crippen molar-refractivity contribution in [1.82, 2.24) is 10.2 Å². The first-order valence-electron chi connectivity index (χ1n) is 10.0. The highest BCUT2D eigenvalue weighted by atomic mass is 32.1. The van der Waals surface area contributed by atoms with Crippen LogP contribution in [-0.2, 0) is 16.0 Å². The van der Waals surface area contributed by atoms with Gasteiger partial charge in [-0.2, -0.15) is 0 Å². The molecule has 3 atom stereocenters. The summed E-state index contributed by atoms with van der Waals surface area (Å²) in [5, 5.41) is 5.26. The zero-order valence-electron chi connectivity index (χ0n) is 15.4. The molecule has 0 spiro atoms. The summed E-state index contributed by atoms with van der Waals surface area (Å²) in [6.45, 7) is 2.83. The van der Waals surface area contributed by atoms with E-state index in [0.29, 0.717) is 25.0 Å². The number of morpholine rings is 1. The molecule has 0 unspecified atom stereocenters. The Bertz CT molecular complexity index is 783. The van der Waals surface area contributed by atoms with Crippen LogP contribution in [0.15, 0.2) is 34.1 Å². The Kier molecular flexibility index (Phi) is 4.80. The number of hydrogen-bond acceptors (Lipinski definition) is 5. The van der Waals surface area contributed by atoms with Crippen LogP contribution in [0.4, 0.5) is 0 Å². The maximum absolute atomic E-state index is 12.4. The third kappa shape index (κ3) is 3.98. The molecule has 2 aromatic heterocycles. The smallest absolute Gasteiger partial charge is 0.220 e. The summed E-state index contributed by atoms with van der Waals surface area (Å²) in [6.07, 6.45) is 5.19. The molecule has 2 aliphatic heterocycles. The first-order chi connectivity index (χ1) is 13.2. The van der Waals surface area contributed by atoms with Gasteiger partial charge in [-0.3, -0.25) is 9.69 Å². The molecule has 27 heavy (non-hydrogen) atoms. The van der Waals surface area contributed by atoms with Gasteiger partial charge in [0.25, 0.3) is 0 Å². The number of furan rings is 1. The van der Waals surface area contributed by atoms with Crippen LogP contribution >= 0.6 is 11.3 Å². The van der Waals surface area contributed by atoms with Crippen molar-refractivity contribution < 1.29 is 13.9 Å². The van der Waals surface area contributed by atoms with Crippen molar-refractivity contribution in [3.8, 4) is 10.6 Å². The SMILES string of the molecule is O=C(CCc1ccc(-c2cccs2)o1)N[C@H]1C[C@H]2CO[C@H](C3CC3)CN2C1. The van der Waals surface area contributed by atoms with Crippen molar-refractivity contribution >= 4 is 17.2 Å². The van der Waals surface area contributed by atoms with Gasteiger partial charge in [0.05, 0.1) is 17.6 Å². The molecule has 0 aromatic carbocycles. The zero-order chi connectivity index (χ0) is 18.2. The van der Waals surface area contributed by atoms with E-state index < -0.39 is 0 Å². The molecule has 6 heteroatoms. The molecule has 4 heterocycles. The fraction of sp³-hybridized carbons (Fsp3) is 0.571. The van der Waals surface area contributed by atoms with Gasteiger partial charge in [0, 0.05) is 38.0 Å².